The van der Waals surface area contributed by atoms with Gasteiger partial charge in [-0.15, -0.1) is 0 Å². The van der Waals surface area contributed by atoms with Crippen molar-refractivity contribution in [2.24, 2.45) is 11.7 Å². The summed E-state index contributed by atoms with van der Waals surface area (Å²) in [7, 11) is 4.55. The van der Waals surface area contributed by atoms with Crippen LogP contribution in [0.4, 0.5) is 5.69 Å². The zero-order chi connectivity index (χ0) is 15.3. The standard InChI is InChI=1S/C14H22N2O4/c1-8(2)12(15)14(17)16-9-6-10(18-3)13(20-5)11(7-9)19-4/h6-8,12H,15H2,1-5H3,(H,16,17). The van der Waals surface area contributed by atoms with Crippen molar-refractivity contribution in [3.05, 3.63) is 12.1 Å². The van der Waals surface area contributed by atoms with Crippen LogP contribution in [0.5, 0.6) is 17.2 Å². The van der Waals surface area contributed by atoms with E-state index < -0.39 is 6.04 Å². The van der Waals surface area contributed by atoms with Crippen LogP contribution in [0.15, 0.2) is 12.1 Å². The lowest BCUT2D eigenvalue weighted by molar-refractivity contribution is -0.118. The molecule has 0 fully saturated rings. The first-order valence-electron chi connectivity index (χ1n) is 6.31. The van der Waals surface area contributed by atoms with Crippen LogP contribution in [0.25, 0.3) is 0 Å². The number of nitrogens with two attached hydrogens (primary N) is 1. The highest BCUT2D eigenvalue weighted by Gasteiger charge is 2.19. The molecule has 1 amide bonds. The van der Waals surface area contributed by atoms with Crippen molar-refractivity contribution in [1.82, 2.24) is 0 Å². The zero-order valence-corrected chi connectivity index (χ0v) is 12.5. The Morgan fingerprint density at radius 1 is 1.10 bits per heavy atom. The van der Waals surface area contributed by atoms with Crippen LogP contribution in [0.3, 0.4) is 0 Å². The number of hydrogen-bond donors (Lipinski definition) is 2. The van der Waals surface area contributed by atoms with Gasteiger partial charge in [-0.3, -0.25) is 4.79 Å². The SMILES string of the molecule is COc1cc(NC(=O)C(N)C(C)C)cc(OC)c1OC. The van der Waals surface area contributed by atoms with Crippen LogP contribution in [0.2, 0.25) is 0 Å². The van der Waals surface area contributed by atoms with E-state index >= 15 is 0 Å². The molecule has 0 aromatic heterocycles. The Morgan fingerprint density at radius 3 is 1.95 bits per heavy atom. The van der Waals surface area contributed by atoms with Crippen LogP contribution in [0.1, 0.15) is 13.8 Å². The van der Waals surface area contributed by atoms with Gasteiger partial charge in [0, 0.05) is 17.8 Å². The van der Waals surface area contributed by atoms with Gasteiger partial charge in [0.1, 0.15) is 0 Å². The minimum atomic E-state index is -0.575. The molecule has 1 aromatic carbocycles. The second kappa shape index (κ2) is 7.00. The third-order valence-corrected chi connectivity index (χ3v) is 2.95. The molecular formula is C14H22N2O4. The lowest BCUT2D eigenvalue weighted by Crippen LogP contribution is -2.39. The normalized spacial score (nSPS) is 11.9. The van der Waals surface area contributed by atoms with E-state index in [1.165, 1.54) is 21.3 Å². The summed E-state index contributed by atoms with van der Waals surface area (Å²) in [5, 5.41) is 2.74. The molecule has 1 rings (SSSR count). The summed E-state index contributed by atoms with van der Waals surface area (Å²) >= 11 is 0. The van der Waals surface area contributed by atoms with Gasteiger partial charge in [-0.25, -0.2) is 0 Å². The predicted octanol–water partition coefficient (Wildman–Crippen LogP) is 1.63. The Bertz CT molecular complexity index is 449. The summed E-state index contributed by atoms with van der Waals surface area (Å²) in [5.74, 6) is 1.22. The minimum absolute atomic E-state index is 0.0528. The molecule has 0 spiro atoms. The fraction of sp³-hybridized carbons (Fsp3) is 0.500. The Labute approximate surface area is 119 Å². The van der Waals surface area contributed by atoms with E-state index in [-0.39, 0.29) is 11.8 Å². The van der Waals surface area contributed by atoms with Crippen LogP contribution < -0.4 is 25.3 Å². The monoisotopic (exact) mass is 282 g/mol. The van der Waals surface area contributed by atoms with Gasteiger partial charge in [0.2, 0.25) is 11.7 Å². The number of amides is 1. The second-order valence-electron chi connectivity index (χ2n) is 4.67. The molecule has 3 N–H and O–H groups in total. The molecule has 0 bridgehead atoms. The molecule has 1 unspecified atom stereocenters. The van der Waals surface area contributed by atoms with E-state index in [1.54, 1.807) is 12.1 Å². The summed E-state index contributed by atoms with van der Waals surface area (Å²) in [6, 6.07) is 2.74. The molecule has 0 aliphatic carbocycles. The van der Waals surface area contributed by atoms with E-state index in [2.05, 4.69) is 5.32 Å². The molecule has 20 heavy (non-hydrogen) atoms. The third kappa shape index (κ3) is 3.54. The molecule has 0 radical (unpaired) electrons. The molecule has 0 heterocycles. The second-order valence-corrected chi connectivity index (χ2v) is 4.67. The first-order chi connectivity index (χ1) is 9.44. The van der Waals surface area contributed by atoms with E-state index in [0.717, 1.165) is 0 Å². The Kier molecular flexibility index (Phi) is 5.64. The van der Waals surface area contributed by atoms with Crippen molar-refractivity contribution in [1.29, 1.82) is 0 Å². The van der Waals surface area contributed by atoms with Gasteiger partial charge in [-0.1, -0.05) is 13.8 Å². The number of rotatable bonds is 6. The largest absolute Gasteiger partial charge is 0.493 e. The number of nitrogens with one attached hydrogen (secondary N) is 1. The molecule has 112 valence electrons. The van der Waals surface area contributed by atoms with Crippen molar-refractivity contribution in [2.75, 3.05) is 26.6 Å². The van der Waals surface area contributed by atoms with Gasteiger partial charge in [0.05, 0.1) is 27.4 Å². The van der Waals surface area contributed by atoms with Gasteiger partial charge in [-0.05, 0) is 5.92 Å². The molecule has 0 saturated carbocycles. The lowest BCUT2D eigenvalue weighted by Gasteiger charge is -2.17. The minimum Gasteiger partial charge on any atom is -0.493 e. The maximum absolute atomic E-state index is 12.0. The highest BCUT2D eigenvalue weighted by atomic mass is 16.5. The van der Waals surface area contributed by atoms with E-state index in [0.29, 0.717) is 22.9 Å². The maximum atomic E-state index is 12.0. The van der Waals surface area contributed by atoms with Gasteiger partial charge in [0.15, 0.2) is 11.5 Å². The quantitative estimate of drug-likeness (QED) is 0.828. The van der Waals surface area contributed by atoms with Crippen LogP contribution in [-0.4, -0.2) is 33.3 Å². The van der Waals surface area contributed by atoms with Crippen LogP contribution >= 0.6 is 0 Å². The zero-order valence-electron chi connectivity index (χ0n) is 12.5. The van der Waals surface area contributed by atoms with Crippen molar-refractivity contribution < 1.29 is 19.0 Å². The smallest absolute Gasteiger partial charge is 0.241 e. The molecule has 6 nitrogen and oxygen atoms in total. The fourth-order valence-electron chi connectivity index (χ4n) is 1.68. The van der Waals surface area contributed by atoms with Crippen molar-refractivity contribution in [3.8, 4) is 17.2 Å². The lowest BCUT2D eigenvalue weighted by atomic mass is 10.0. The van der Waals surface area contributed by atoms with Gasteiger partial charge in [-0.2, -0.15) is 0 Å². The van der Waals surface area contributed by atoms with Gasteiger partial charge >= 0.3 is 0 Å². The number of anilines is 1. The average Bonchev–Trinajstić information content (AvgIpc) is 2.44. The molecule has 0 saturated heterocycles. The molecule has 1 atom stereocenters. The number of methoxy groups -OCH3 is 3. The summed E-state index contributed by atoms with van der Waals surface area (Å²) in [6.45, 7) is 3.78. The van der Waals surface area contributed by atoms with E-state index in [1.807, 2.05) is 13.8 Å². The number of hydrogen-bond acceptors (Lipinski definition) is 5. The number of benzene rings is 1. The van der Waals surface area contributed by atoms with Crippen LogP contribution in [0, 0.1) is 5.92 Å². The highest BCUT2D eigenvalue weighted by molar-refractivity contribution is 5.95. The van der Waals surface area contributed by atoms with Gasteiger partial charge < -0.3 is 25.3 Å². The first kappa shape index (κ1) is 16.1. The summed E-state index contributed by atoms with van der Waals surface area (Å²) in [6.07, 6.45) is 0. The molecule has 1 aromatic rings. The molecular weight excluding hydrogens is 260 g/mol. The fourth-order valence-corrected chi connectivity index (χ4v) is 1.68. The van der Waals surface area contributed by atoms with E-state index in [4.69, 9.17) is 19.9 Å². The van der Waals surface area contributed by atoms with E-state index in [9.17, 15) is 4.79 Å². The molecule has 6 heteroatoms. The predicted molar refractivity (Wildman–Crippen MR) is 77.5 cm³/mol. The van der Waals surface area contributed by atoms with Crippen molar-refractivity contribution >= 4 is 11.6 Å². The van der Waals surface area contributed by atoms with Gasteiger partial charge in [0.25, 0.3) is 0 Å². The summed E-state index contributed by atoms with van der Waals surface area (Å²) in [5.41, 5.74) is 6.35. The molecule has 0 aliphatic heterocycles. The third-order valence-electron chi connectivity index (χ3n) is 2.95. The number of carbonyl (C=O) groups is 1. The highest BCUT2D eigenvalue weighted by Crippen LogP contribution is 2.39. The topological polar surface area (TPSA) is 82.8 Å². The van der Waals surface area contributed by atoms with Crippen LogP contribution in [-0.2, 0) is 4.79 Å². The number of carbonyl (C=O) groups excluding carboxylic acids is 1. The molecule has 0 aliphatic rings. The maximum Gasteiger partial charge on any atom is 0.241 e. The number of ether oxygens (including phenoxy) is 3. The first-order valence-corrected chi connectivity index (χ1v) is 6.31. The summed E-state index contributed by atoms with van der Waals surface area (Å²) < 4.78 is 15.7. The van der Waals surface area contributed by atoms with Crippen molar-refractivity contribution in [3.63, 3.8) is 0 Å². The summed E-state index contributed by atoms with van der Waals surface area (Å²) in [4.78, 5) is 12.0. The Balaban J connectivity index is 3.05. The van der Waals surface area contributed by atoms with Crippen molar-refractivity contribution in [2.45, 2.75) is 19.9 Å². The average molecular weight is 282 g/mol. The Morgan fingerprint density at radius 2 is 1.60 bits per heavy atom. The Hall–Kier alpha value is -1.95.